The maximum atomic E-state index is 13.9. The molecule has 6 rings (SSSR count). The van der Waals surface area contributed by atoms with E-state index >= 15 is 0 Å². The van der Waals surface area contributed by atoms with Gasteiger partial charge < -0.3 is 25.7 Å². The van der Waals surface area contributed by atoms with Gasteiger partial charge in [-0.25, -0.2) is 4.79 Å². The molecule has 0 spiro atoms. The maximum absolute atomic E-state index is 13.9. The summed E-state index contributed by atoms with van der Waals surface area (Å²) in [5, 5.41) is 28.6. The summed E-state index contributed by atoms with van der Waals surface area (Å²) >= 11 is 0. The van der Waals surface area contributed by atoms with Gasteiger partial charge >= 0.3 is 6.03 Å². The second-order valence-corrected chi connectivity index (χ2v) is 13.3. The Morgan fingerprint density at radius 3 is 2.43 bits per heavy atom. The van der Waals surface area contributed by atoms with Crippen LogP contribution in [-0.4, -0.2) is 77.1 Å². The zero-order valence-corrected chi connectivity index (χ0v) is 25.6. The number of nitrogens with zero attached hydrogens (tertiary/aromatic N) is 2. The lowest BCUT2D eigenvalue weighted by atomic mass is 9.45. The van der Waals surface area contributed by atoms with Crippen LogP contribution in [0.1, 0.15) is 46.1 Å². The molecule has 4 fully saturated rings. The smallest absolute Gasteiger partial charge is 0.321 e. The van der Waals surface area contributed by atoms with Gasteiger partial charge in [-0.15, -0.1) is 0 Å². The third-order valence-corrected chi connectivity index (χ3v) is 10.2. The van der Waals surface area contributed by atoms with Crippen LogP contribution in [0.15, 0.2) is 48.5 Å². The molecular weight excluding hydrogens is 532 g/mol. The van der Waals surface area contributed by atoms with Gasteiger partial charge in [-0.3, -0.25) is 9.63 Å². The van der Waals surface area contributed by atoms with E-state index in [0.717, 1.165) is 23.1 Å². The Bertz CT molecular complexity index is 1280. The van der Waals surface area contributed by atoms with Gasteiger partial charge in [0.05, 0.1) is 19.3 Å². The molecule has 0 aromatic heterocycles. The first-order chi connectivity index (χ1) is 19.9. The zero-order valence-electron chi connectivity index (χ0n) is 25.6. The SMILES string of the molecule is C[C@H](O)[C@@H]1[C@H](CO)ON(Cc2cccc(-c3ccc(NC(=O)N(C)C)cc3)c2)[C@@H]1C(=O)NC1C[C@@H]2C[C@H]([C@@H]1C)C2(C)C. The summed E-state index contributed by atoms with van der Waals surface area (Å²) < 4.78 is 0. The summed E-state index contributed by atoms with van der Waals surface area (Å²) in [4.78, 5) is 33.5. The lowest BCUT2D eigenvalue weighted by Crippen LogP contribution is -2.62. The summed E-state index contributed by atoms with van der Waals surface area (Å²) in [7, 11) is 3.39. The number of carbonyl (C=O) groups is 2. The van der Waals surface area contributed by atoms with Crippen LogP contribution >= 0.6 is 0 Å². The van der Waals surface area contributed by atoms with Crippen LogP contribution in [0.4, 0.5) is 10.5 Å². The van der Waals surface area contributed by atoms with Gasteiger partial charge in [-0.2, -0.15) is 5.06 Å². The maximum Gasteiger partial charge on any atom is 0.321 e. The number of hydrogen-bond acceptors (Lipinski definition) is 6. The van der Waals surface area contributed by atoms with E-state index in [1.54, 1.807) is 26.1 Å². The first-order valence-electron chi connectivity index (χ1n) is 15.1. The van der Waals surface area contributed by atoms with Crippen molar-refractivity contribution in [2.45, 2.75) is 71.4 Å². The van der Waals surface area contributed by atoms with Gasteiger partial charge in [0.1, 0.15) is 12.1 Å². The third kappa shape index (κ3) is 5.80. The van der Waals surface area contributed by atoms with E-state index in [1.165, 1.54) is 11.3 Å². The molecule has 1 aliphatic heterocycles. The monoisotopic (exact) mass is 578 g/mol. The van der Waals surface area contributed by atoms with E-state index in [2.05, 4.69) is 31.4 Å². The zero-order chi connectivity index (χ0) is 30.3. The number of amides is 3. The van der Waals surface area contributed by atoms with Gasteiger partial charge in [0, 0.05) is 31.7 Å². The normalized spacial score (nSPS) is 30.7. The average Bonchev–Trinajstić information content (AvgIpc) is 3.32. The first-order valence-corrected chi connectivity index (χ1v) is 15.1. The molecule has 42 heavy (non-hydrogen) atoms. The Balaban J connectivity index is 1.32. The van der Waals surface area contributed by atoms with Crippen molar-refractivity contribution in [2.24, 2.45) is 29.1 Å². The molecule has 2 bridgehead atoms. The number of anilines is 1. The summed E-state index contributed by atoms with van der Waals surface area (Å²) in [6.45, 7) is 8.62. The fourth-order valence-electron chi connectivity index (χ4n) is 7.49. The molecule has 2 aromatic carbocycles. The van der Waals surface area contributed by atoms with Gasteiger partial charge in [0.15, 0.2) is 0 Å². The molecule has 0 radical (unpaired) electrons. The number of hydroxylamine groups is 2. The summed E-state index contributed by atoms with van der Waals surface area (Å²) in [5.41, 5.74) is 3.94. The number of fused-ring (bicyclic) bond motifs is 2. The van der Waals surface area contributed by atoms with E-state index < -0.39 is 24.2 Å². The number of hydrogen-bond donors (Lipinski definition) is 4. The topological polar surface area (TPSA) is 114 Å². The van der Waals surface area contributed by atoms with Gasteiger partial charge in [0.2, 0.25) is 5.91 Å². The standard InChI is InChI=1S/C33H46N4O5/c1-19-26-15-24(33(26,3)4)16-27(19)35-31(40)30-29(20(2)39)28(18-38)42-37(30)17-21-8-7-9-23(14-21)22-10-12-25(13-11-22)34-32(41)36(5)6/h7-14,19-20,24,26-30,38-39H,15-18H2,1-6H3,(H,34,41)(H,35,40)/t19-,20-,24-,26+,27?,28-,29+,30-/m0/s1. The van der Waals surface area contributed by atoms with Crippen molar-refractivity contribution >= 4 is 17.6 Å². The van der Waals surface area contributed by atoms with Crippen LogP contribution in [0.3, 0.4) is 0 Å². The van der Waals surface area contributed by atoms with Crippen molar-refractivity contribution in [1.82, 2.24) is 15.3 Å². The number of carbonyl (C=O) groups excluding carboxylic acids is 2. The molecule has 3 aliphatic carbocycles. The minimum atomic E-state index is -0.836. The van der Waals surface area contributed by atoms with Crippen molar-refractivity contribution in [3.63, 3.8) is 0 Å². The second kappa shape index (κ2) is 12.0. The average molecular weight is 579 g/mol. The van der Waals surface area contributed by atoms with Crippen LogP contribution in [0, 0.1) is 29.1 Å². The van der Waals surface area contributed by atoms with Crippen LogP contribution in [-0.2, 0) is 16.2 Å². The Labute approximate surface area is 249 Å². The van der Waals surface area contributed by atoms with E-state index in [-0.39, 0.29) is 24.6 Å². The number of aliphatic hydroxyl groups is 2. The van der Waals surface area contributed by atoms with Crippen molar-refractivity contribution in [3.05, 3.63) is 54.1 Å². The summed E-state index contributed by atoms with van der Waals surface area (Å²) in [6.07, 6.45) is 0.681. The minimum absolute atomic E-state index is 0.0905. The number of rotatable bonds is 8. The molecule has 1 heterocycles. The Kier molecular flexibility index (Phi) is 8.67. The number of aliphatic hydroxyl groups excluding tert-OH is 2. The van der Waals surface area contributed by atoms with Crippen LogP contribution in [0.2, 0.25) is 0 Å². The van der Waals surface area contributed by atoms with Gasteiger partial charge in [0.25, 0.3) is 0 Å². The van der Waals surface area contributed by atoms with E-state index in [4.69, 9.17) is 4.84 Å². The highest BCUT2D eigenvalue weighted by Gasteiger charge is 2.57. The predicted molar refractivity (Wildman–Crippen MR) is 162 cm³/mol. The summed E-state index contributed by atoms with van der Waals surface area (Å²) in [6, 6.07) is 14.8. The molecule has 8 atom stereocenters. The molecule has 1 saturated heterocycles. The van der Waals surface area contributed by atoms with Crippen LogP contribution in [0.25, 0.3) is 11.1 Å². The molecule has 1 unspecified atom stereocenters. The third-order valence-electron chi connectivity index (χ3n) is 10.2. The lowest BCUT2D eigenvalue weighted by Gasteiger charge is -2.62. The molecule has 3 saturated carbocycles. The minimum Gasteiger partial charge on any atom is -0.394 e. The molecule has 4 N–H and O–H groups in total. The Morgan fingerprint density at radius 2 is 1.83 bits per heavy atom. The Morgan fingerprint density at radius 1 is 1.12 bits per heavy atom. The molecule has 2 aromatic rings. The van der Waals surface area contributed by atoms with Crippen LogP contribution < -0.4 is 10.6 Å². The van der Waals surface area contributed by atoms with Gasteiger partial charge in [-0.05, 0) is 77.8 Å². The number of benzene rings is 2. The van der Waals surface area contributed by atoms with Crippen molar-refractivity contribution in [1.29, 1.82) is 0 Å². The quantitative estimate of drug-likeness (QED) is 0.375. The van der Waals surface area contributed by atoms with Crippen molar-refractivity contribution in [2.75, 3.05) is 26.0 Å². The highest BCUT2D eigenvalue weighted by Crippen LogP contribution is 2.61. The molecule has 228 valence electrons. The molecular formula is C33H46N4O5. The molecule has 3 amide bonds. The van der Waals surface area contributed by atoms with E-state index in [9.17, 15) is 19.8 Å². The van der Waals surface area contributed by atoms with Gasteiger partial charge in [-0.1, -0.05) is 51.1 Å². The molecule has 9 heteroatoms. The van der Waals surface area contributed by atoms with Crippen molar-refractivity contribution < 1.29 is 24.6 Å². The van der Waals surface area contributed by atoms with Crippen LogP contribution in [0.5, 0.6) is 0 Å². The molecule has 4 aliphatic rings. The van der Waals surface area contributed by atoms with Crippen molar-refractivity contribution in [3.8, 4) is 11.1 Å². The highest BCUT2D eigenvalue weighted by atomic mass is 16.7. The lowest BCUT2D eigenvalue weighted by molar-refractivity contribution is -0.183. The first kappa shape index (κ1) is 30.5. The fourth-order valence-corrected chi connectivity index (χ4v) is 7.49. The highest BCUT2D eigenvalue weighted by molar-refractivity contribution is 5.89. The summed E-state index contributed by atoms with van der Waals surface area (Å²) in [5.74, 6) is 0.866. The number of nitrogens with one attached hydrogen (secondary N) is 2. The number of urea groups is 1. The molecule has 9 nitrogen and oxygen atoms in total. The van der Waals surface area contributed by atoms with E-state index in [1.807, 2.05) is 48.5 Å². The predicted octanol–water partition coefficient (Wildman–Crippen LogP) is 4.11. The largest absolute Gasteiger partial charge is 0.394 e. The fraction of sp³-hybridized carbons (Fsp3) is 0.576. The second-order valence-electron chi connectivity index (χ2n) is 13.3. The Hall–Kier alpha value is -2.98. The van der Waals surface area contributed by atoms with E-state index in [0.29, 0.717) is 35.4 Å².